The molecule has 29 heteroatoms. The summed E-state index contributed by atoms with van der Waals surface area (Å²) in [6.07, 6.45) is 61.1. The standard InChI is InChI=1S/C100H185N5O22P2/c1-7-13-19-25-29-33-35-39-41-47-53-62-94(107)104-87(82-119-76-71-90(59-51-45-23-17-11-5)126-97(111)65-55-49-43-37-31-27-21-15-9-3)84-124-128(115,116)122-79-74-102-99(113)92(81-86-67-69-89(70-68-86)121-78-73-101-93(106)61-57-58-64-96(109)110)100(114)103-75-80-123-129(117,118)125-85-88(105-95(108)63-54-48-42-40-36-34-30-26-20-14-8-2)83-120-77-72-91(60-52-46-24-18-12-6)127-98(112)66-56-50-44-38-32-28-22-16-10-4/h37-38,43-44,67-70,87-88,90-92,94,97,104,107,111H,7-36,39-42,45-66,71-85H2,1-6H3,(H,101,106)(H,102,113)(H,103,114)(H,105,108)(H,109,110)(H,115,116)(H,117,118). The number of phosphoric ester groups is 2. The molecule has 752 valence electrons. The van der Waals surface area contributed by atoms with E-state index in [0.29, 0.717) is 75.5 Å². The number of carboxylic acid groups (broad SMARTS) is 1. The van der Waals surface area contributed by atoms with Crippen molar-refractivity contribution in [3.63, 3.8) is 0 Å². The number of rotatable bonds is 97. The lowest BCUT2D eigenvalue weighted by molar-refractivity contribution is -0.150. The minimum atomic E-state index is -4.88. The molecule has 9 unspecified atom stereocenters. The third kappa shape index (κ3) is 79.3. The average molecular weight is 1870 g/mol. The lowest BCUT2D eigenvalue weighted by Crippen LogP contribution is -2.44. The first kappa shape index (κ1) is 122. The molecule has 0 aliphatic rings. The van der Waals surface area contributed by atoms with Crippen LogP contribution >= 0.6 is 15.6 Å². The van der Waals surface area contributed by atoms with Gasteiger partial charge < -0.3 is 70.1 Å². The van der Waals surface area contributed by atoms with Gasteiger partial charge in [0.1, 0.15) is 30.6 Å². The molecule has 10 N–H and O–H groups in total. The number of aliphatic hydroxyl groups excluding tert-OH is 2. The van der Waals surface area contributed by atoms with E-state index in [4.69, 9.17) is 46.9 Å². The topological polar surface area (TPSA) is 381 Å². The van der Waals surface area contributed by atoms with Crippen LogP contribution in [0.4, 0.5) is 0 Å². The van der Waals surface area contributed by atoms with Gasteiger partial charge in [0.25, 0.3) is 0 Å². The van der Waals surface area contributed by atoms with E-state index in [9.17, 15) is 57.9 Å². The van der Waals surface area contributed by atoms with Crippen molar-refractivity contribution in [2.45, 2.75) is 457 Å². The summed E-state index contributed by atoms with van der Waals surface area (Å²) in [5.74, 6) is -4.34. The van der Waals surface area contributed by atoms with E-state index in [1.807, 2.05) is 0 Å². The van der Waals surface area contributed by atoms with E-state index in [1.54, 1.807) is 24.3 Å². The Morgan fingerprint density at radius 2 is 0.775 bits per heavy atom. The summed E-state index contributed by atoms with van der Waals surface area (Å²) < 4.78 is 79.5. The number of aliphatic carboxylic acids is 1. The Balaban J connectivity index is 3.35. The van der Waals surface area contributed by atoms with Crippen molar-refractivity contribution in [1.82, 2.24) is 26.6 Å². The quantitative estimate of drug-likeness (QED) is 0.00723. The number of unbranched alkanes of at least 4 members (excludes halogenated alkanes) is 39. The first-order valence-corrected chi connectivity index (χ1v) is 54.3. The highest BCUT2D eigenvalue weighted by Gasteiger charge is 2.31. The summed E-state index contributed by atoms with van der Waals surface area (Å²) in [5.41, 5.74) is 0.517. The van der Waals surface area contributed by atoms with Crippen LogP contribution < -0.4 is 31.3 Å². The Morgan fingerprint density at radius 1 is 0.380 bits per heavy atom. The van der Waals surface area contributed by atoms with Crippen LogP contribution in [0.25, 0.3) is 0 Å². The maximum Gasteiger partial charge on any atom is 0.472 e. The summed E-state index contributed by atoms with van der Waals surface area (Å²) in [5, 5.41) is 45.3. The van der Waals surface area contributed by atoms with E-state index in [2.05, 4.69) is 92.4 Å². The molecule has 0 radical (unpaired) electrons. The van der Waals surface area contributed by atoms with Crippen LogP contribution in [0.5, 0.6) is 5.75 Å². The summed E-state index contributed by atoms with van der Waals surface area (Å²) >= 11 is 0. The summed E-state index contributed by atoms with van der Waals surface area (Å²) in [4.78, 5) is 100. The predicted octanol–water partition coefficient (Wildman–Crippen LogP) is 22.2. The second-order valence-electron chi connectivity index (χ2n) is 35.2. The molecule has 0 bridgehead atoms. The van der Waals surface area contributed by atoms with Crippen molar-refractivity contribution in [2.24, 2.45) is 5.92 Å². The normalized spacial score (nSPS) is 14.4. The molecule has 9 atom stereocenters. The van der Waals surface area contributed by atoms with Gasteiger partial charge in [0, 0.05) is 51.8 Å². The van der Waals surface area contributed by atoms with Gasteiger partial charge in [-0.1, -0.05) is 303 Å². The molecule has 0 saturated heterocycles. The number of esters is 1. The van der Waals surface area contributed by atoms with E-state index >= 15 is 0 Å². The molecule has 0 aliphatic carbocycles. The fourth-order valence-corrected chi connectivity index (χ4v) is 16.6. The predicted molar refractivity (Wildman–Crippen MR) is 517 cm³/mol. The first-order chi connectivity index (χ1) is 62.6. The lowest BCUT2D eigenvalue weighted by atomic mass is 9.97. The Hall–Kier alpha value is -4.70. The van der Waals surface area contributed by atoms with Crippen LogP contribution in [0.3, 0.4) is 0 Å². The van der Waals surface area contributed by atoms with Gasteiger partial charge in [0.2, 0.25) is 23.6 Å². The van der Waals surface area contributed by atoms with Gasteiger partial charge >= 0.3 is 27.6 Å². The van der Waals surface area contributed by atoms with Gasteiger partial charge in [-0.3, -0.25) is 52.2 Å². The number of aliphatic hydroxyl groups is 2. The number of hydrogen-bond acceptors (Lipinski definition) is 20. The third-order valence-corrected chi connectivity index (χ3v) is 24.8. The zero-order valence-corrected chi connectivity index (χ0v) is 83.2. The number of phosphoric acid groups is 2. The second-order valence-corrected chi connectivity index (χ2v) is 38.1. The van der Waals surface area contributed by atoms with Crippen molar-refractivity contribution in [3.8, 4) is 5.75 Å². The number of benzene rings is 1. The molecule has 1 aromatic carbocycles. The molecule has 0 fully saturated rings. The molecule has 0 spiro atoms. The zero-order chi connectivity index (χ0) is 94.4. The van der Waals surface area contributed by atoms with Crippen molar-refractivity contribution in [1.29, 1.82) is 0 Å². The number of hydrogen-bond donors (Lipinski definition) is 10. The Morgan fingerprint density at radius 3 is 1.27 bits per heavy atom. The summed E-state index contributed by atoms with van der Waals surface area (Å²) in [7, 11) is -9.72. The number of carbonyl (C=O) groups excluding carboxylic acids is 5. The van der Waals surface area contributed by atoms with Crippen molar-refractivity contribution < 1.29 is 105 Å². The average Bonchev–Trinajstić information content (AvgIpc) is 0.858. The van der Waals surface area contributed by atoms with Gasteiger partial charge in [-0.15, -0.1) is 0 Å². The Kier molecular flexibility index (Phi) is 82.8. The monoisotopic (exact) mass is 1870 g/mol. The fraction of sp³-hybridized carbons (Fsp3) is 0.840. The number of amides is 4. The van der Waals surface area contributed by atoms with Crippen molar-refractivity contribution in [3.05, 3.63) is 54.1 Å². The maximum absolute atomic E-state index is 14.2. The highest BCUT2D eigenvalue weighted by molar-refractivity contribution is 7.47. The summed E-state index contributed by atoms with van der Waals surface area (Å²) in [6, 6.07) is 4.89. The number of ether oxygens (including phenoxy) is 5. The van der Waals surface area contributed by atoms with Crippen molar-refractivity contribution in [2.75, 3.05) is 79.1 Å². The van der Waals surface area contributed by atoms with Crippen LogP contribution in [0.1, 0.15) is 420 Å². The number of carbonyl (C=O) groups is 6. The van der Waals surface area contributed by atoms with Crippen LogP contribution in [-0.2, 0) is 81.4 Å². The zero-order valence-electron chi connectivity index (χ0n) is 81.4. The number of allylic oxidation sites excluding steroid dienone is 4. The van der Waals surface area contributed by atoms with Gasteiger partial charge in [-0.25, -0.2) is 9.13 Å². The molecule has 1 rings (SSSR count). The van der Waals surface area contributed by atoms with Crippen LogP contribution in [0.15, 0.2) is 48.6 Å². The molecule has 27 nitrogen and oxygen atoms in total. The molecular weight excluding hydrogens is 1690 g/mol. The van der Waals surface area contributed by atoms with Gasteiger partial charge in [0.05, 0.1) is 71.0 Å². The van der Waals surface area contributed by atoms with Gasteiger partial charge in [-0.2, -0.15) is 0 Å². The molecule has 0 heterocycles. The van der Waals surface area contributed by atoms with E-state index in [-0.39, 0.29) is 108 Å². The SMILES string of the molecule is CCCCCCC=CCCCC(=O)OC(CCCCCCC)CCOCC(COP(=O)(O)OCCNC(=O)C(Cc1ccc(OCCNC(=O)CCCCC(=O)O)cc1)C(=O)NCCOP(=O)(O)OCC(COCCC(CCCCCCC)OC(O)CCCC=CCCCCCC)NC(O)CCCCCCCCCCCCC)NC(=O)CCCCCCCCCCCCC. The minimum absolute atomic E-state index is 0.0151. The second kappa shape index (κ2) is 87.4. The van der Waals surface area contributed by atoms with Crippen LogP contribution in [0.2, 0.25) is 0 Å². The third-order valence-electron chi connectivity index (χ3n) is 22.9. The highest BCUT2D eigenvalue weighted by atomic mass is 31.2. The smallest absolute Gasteiger partial charge is 0.472 e. The Labute approximate surface area is 780 Å². The number of carboxylic acids is 1. The molecule has 0 aliphatic heterocycles. The minimum Gasteiger partial charge on any atom is -0.492 e. The highest BCUT2D eigenvalue weighted by Crippen LogP contribution is 2.44. The van der Waals surface area contributed by atoms with E-state index in [1.165, 1.54) is 128 Å². The molecule has 1 aromatic rings. The number of nitrogens with one attached hydrogen (secondary N) is 5. The molecule has 129 heavy (non-hydrogen) atoms. The van der Waals surface area contributed by atoms with Crippen LogP contribution in [-0.4, -0.2) is 177 Å². The molecule has 0 saturated carbocycles. The van der Waals surface area contributed by atoms with Crippen molar-refractivity contribution >= 4 is 51.2 Å². The first-order valence-electron chi connectivity index (χ1n) is 51.3. The Bertz CT molecular complexity index is 3000. The van der Waals surface area contributed by atoms with Gasteiger partial charge in [-0.05, 0) is 140 Å². The summed E-state index contributed by atoms with van der Waals surface area (Å²) in [6.45, 7) is 11.1. The maximum atomic E-state index is 14.2. The molecular formula is C100H185N5O22P2. The largest absolute Gasteiger partial charge is 0.492 e. The van der Waals surface area contributed by atoms with Gasteiger partial charge in [0.15, 0.2) is 6.29 Å². The molecule has 4 amide bonds. The molecule has 0 aromatic heterocycles. The van der Waals surface area contributed by atoms with E-state index in [0.717, 1.165) is 161 Å². The van der Waals surface area contributed by atoms with E-state index < -0.39 is 90.4 Å². The van der Waals surface area contributed by atoms with Crippen LogP contribution in [0, 0.1) is 5.92 Å². The fourth-order valence-electron chi connectivity index (χ4n) is 15.0. The lowest BCUT2D eigenvalue weighted by Gasteiger charge is -2.25.